The number of hydrogen-bond donors (Lipinski definition) is 1. The summed E-state index contributed by atoms with van der Waals surface area (Å²) in [5.41, 5.74) is 1.19. The van der Waals surface area contributed by atoms with Gasteiger partial charge in [-0.2, -0.15) is 0 Å². The summed E-state index contributed by atoms with van der Waals surface area (Å²) in [6.45, 7) is 1.92. The highest BCUT2D eigenvalue weighted by Crippen LogP contribution is 2.23. The molecule has 0 unspecified atom stereocenters. The van der Waals surface area contributed by atoms with Crippen LogP contribution < -0.4 is 5.32 Å². The molecule has 124 valence electrons. The third kappa shape index (κ3) is 3.34. The Kier molecular flexibility index (Phi) is 4.68. The molecule has 0 aliphatic carbocycles. The number of carbonyl (C=O) groups is 2. The Morgan fingerprint density at radius 3 is 2.92 bits per heavy atom. The summed E-state index contributed by atoms with van der Waals surface area (Å²) in [5.74, 6) is -0.719. The van der Waals surface area contributed by atoms with E-state index in [0.29, 0.717) is 10.0 Å². The Hall–Kier alpha value is -2.19. The first-order valence-corrected chi connectivity index (χ1v) is 8.69. The van der Waals surface area contributed by atoms with Crippen molar-refractivity contribution in [2.24, 2.45) is 0 Å². The molecule has 3 aromatic rings. The van der Waals surface area contributed by atoms with Crippen LogP contribution in [0.1, 0.15) is 15.4 Å². The first-order chi connectivity index (χ1) is 11.5. The molecule has 8 heteroatoms. The van der Waals surface area contributed by atoms with E-state index in [4.69, 9.17) is 0 Å². The molecular formula is C16H14BrN3O3S. The highest BCUT2D eigenvalue weighted by Gasteiger charge is 2.17. The summed E-state index contributed by atoms with van der Waals surface area (Å²) < 4.78 is 7.47. The topological polar surface area (TPSA) is 73.2 Å². The van der Waals surface area contributed by atoms with E-state index in [-0.39, 0.29) is 18.1 Å². The standard InChI is InChI=1S/C16H14BrN3O3S/c1-9-14(15(22)23-2)19-16(24-9)18-13(21)8-20-6-5-10-3-4-11(17)7-12(10)20/h3-7H,8H2,1-2H3,(H,18,19,21). The largest absolute Gasteiger partial charge is 0.464 e. The maximum Gasteiger partial charge on any atom is 0.357 e. The van der Waals surface area contributed by atoms with Crippen LogP contribution in [0.4, 0.5) is 5.13 Å². The van der Waals surface area contributed by atoms with Crippen molar-refractivity contribution in [2.75, 3.05) is 12.4 Å². The maximum absolute atomic E-state index is 12.3. The lowest BCUT2D eigenvalue weighted by Gasteiger charge is -2.05. The molecule has 2 heterocycles. The molecule has 0 radical (unpaired) electrons. The maximum atomic E-state index is 12.3. The molecule has 0 aliphatic heterocycles. The quantitative estimate of drug-likeness (QED) is 0.670. The lowest BCUT2D eigenvalue weighted by molar-refractivity contribution is -0.116. The zero-order valence-corrected chi connectivity index (χ0v) is 15.4. The lowest BCUT2D eigenvalue weighted by Crippen LogP contribution is -2.18. The first kappa shape index (κ1) is 16.7. The number of amides is 1. The molecule has 24 heavy (non-hydrogen) atoms. The number of ether oxygens (including phenoxy) is 1. The Morgan fingerprint density at radius 2 is 2.17 bits per heavy atom. The molecule has 2 aromatic heterocycles. The smallest absolute Gasteiger partial charge is 0.357 e. The second-order valence-electron chi connectivity index (χ2n) is 5.11. The van der Waals surface area contributed by atoms with Gasteiger partial charge in [0.15, 0.2) is 10.8 Å². The van der Waals surface area contributed by atoms with Crippen molar-refractivity contribution < 1.29 is 14.3 Å². The van der Waals surface area contributed by atoms with Gasteiger partial charge in [-0.1, -0.05) is 22.0 Å². The summed E-state index contributed by atoms with van der Waals surface area (Å²) >= 11 is 4.68. The number of benzene rings is 1. The molecule has 0 fully saturated rings. The number of carbonyl (C=O) groups excluding carboxylic acids is 2. The van der Waals surface area contributed by atoms with Crippen molar-refractivity contribution in [1.82, 2.24) is 9.55 Å². The second-order valence-corrected chi connectivity index (χ2v) is 7.23. The van der Waals surface area contributed by atoms with Gasteiger partial charge in [0.1, 0.15) is 6.54 Å². The van der Waals surface area contributed by atoms with E-state index in [2.05, 4.69) is 31.0 Å². The molecule has 0 spiro atoms. The number of aryl methyl sites for hydroxylation is 1. The monoisotopic (exact) mass is 407 g/mol. The minimum Gasteiger partial charge on any atom is -0.464 e. The number of esters is 1. The van der Waals surface area contributed by atoms with Gasteiger partial charge in [-0.3, -0.25) is 4.79 Å². The summed E-state index contributed by atoms with van der Waals surface area (Å²) in [6, 6.07) is 7.86. The fourth-order valence-electron chi connectivity index (χ4n) is 2.34. The minimum absolute atomic E-state index is 0.159. The fraction of sp³-hybridized carbons (Fsp3) is 0.188. The number of anilines is 1. The van der Waals surface area contributed by atoms with E-state index < -0.39 is 5.97 Å². The number of fused-ring (bicyclic) bond motifs is 1. The van der Waals surface area contributed by atoms with Gasteiger partial charge in [-0.05, 0) is 30.5 Å². The average Bonchev–Trinajstić information content (AvgIpc) is 3.10. The van der Waals surface area contributed by atoms with Gasteiger partial charge >= 0.3 is 5.97 Å². The van der Waals surface area contributed by atoms with Crippen LogP contribution >= 0.6 is 27.3 Å². The molecule has 3 rings (SSSR count). The predicted octanol–water partition coefficient (Wildman–Crippen LogP) is 3.59. The number of methoxy groups -OCH3 is 1. The molecule has 0 saturated heterocycles. The van der Waals surface area contributed by atoms with Crippen molar-refractivity contribution in [3.8, 4) is 0 Å². The number of thiazole rings is 1. The van der Waals surface area contributed by atoms with Crippen LogP contribution in [-0.2, 0) is 16.1 Å². The Labute approximate surface area is 150 Å². The SMILES string of the molecule is COC(=O)c1nc(NC(=O)Cn2ccc3ccc(Br)cc32)sc1C. The molecule has 6 nitrogen and oxygen atoms in total. The predicted molar refractivity (Wildman–Crippen MR) is 96.5 cm³/mol. The Balaban J connectivity index is 1.76. The van der Waals surface area contributed by atoms with E-state index >= 15 is 0 Å². The highest BCUT2D eigenvalue weighted by molar-refractivity contribution is 9.10. The van der Waals surface area contributed by atoms with Crippen molar-refractivity contribution in [3.63, 3.8) is 0 Å². The number of hydrogen-bond acceptors (Lipinski definition) is 5. The number of halogens is 1. The number of nitrogens with one attached hydrogen (secondary N) is 1. The summed E-state index contributed by atoms with van der Waals surface area (Å²) in [5, 5.41) is 4.17. The van der Waals surface area contributed by atoms with Crippen LogP contribution in [0.25, 0.3) is 10.9 Å². The lowest BCUT2D eigenvalue weighted by atomic mass is 10.2. The average molecular weight is 408 g/mol. The zero-order chi connectivity index (χ0) is 17.3. The summed E-state index contributed by atoms with van der Waals surface area (Å²) in [6.07, 6.45) is 1.86. The van der Waals surface area contributed by atoms with Gasteiger partial charge in [-0.25, -0.2) is 9.78 Å². The molecule has 0 aliphatic rings. The molecule has 0 saturated carbocycles. The zero-order valence-electron chi connectivity index (χ0n) is 13.0. The Bertz CT molecular complexity index is 932. The van der Waals surface area contributed by atoms with E-state index in [9.17, 15) is 9.59 Å². The fourth-order valence-corrected chi connectivity index (χ4v) is 3.51. The third-order valence-electron chi connectivity index (χ3n) is 3.47. The van der Waals surface area contributed by atoms with Crippen molar-refractivity contribution in [2.45, 2.75) is 13.5 Å². The Morgan fingerprint density at radius 1 is 1.38 bits per heavy atom. The van der Waals surface area contributed by atoms with Crippen molar-refractivity contribution in [3.05, 3.63) is 45.5 Å². The van der Waals surface area contributed by atoms with Crippen LogP contribution in [-0.4, -0.2) is 28.5 Å². The van der Waals surface area contributed by atoms with Crippen LogP contribution in [0.2, 0.25) is 0 Å². The molecule has 1 N–H and O–H groups in total. The number of rotatable bonds is 4. The van der Waals surface area contributed by atoms with Gasteiger partial charge in [-0.15, -0.1) is 11.3 Å². The van der Waals surface area contributed by atoms with Gasteiger partial charge in [0, 0.05) is 21.1 Å². The van der Waals surface area contributed by atoms with Crippen LogP contribution in [0.15, 0.2) is 34.9 Å². The van der Waals surface area contributed by atoms with Gasteiger partial charge in [0.25, 0.3) is 0 Å². The first-order valence-electron chi connectivity index (χ1n) is 7.08. The van der Waals surface area contributed by atoms with Gasteiger partial charge in [0.05, 0.1) is 7.11 Å². The second kappa shape index (κ2) is 6.74. The molecule has 0 atom stereocenters. The minimum atomic E-state index is -0.509. The number of aromatic nitrogens is 2. The normalized spacial score (nSPS) is 10.8. The van der Waals surface area contributed by atoms with Crippen molar-refractivity contribution >= 4 is 55.2 Å². The molecular weight excluding hydrogens is 394 g/mol. The van der Waals surface area contributed by atoms with Crippen molar-refractivity contribution in [1.29, 1.82) is 0 Å². The highest BCUT2D eigenvalue weighted by atomic mass is 79.9. The molecule has 0 bridgehead atoms. The summed E-state index contributed by atoms with van der Waals surface area (Å²) in [7, 11) is 1.30. The van der Waals surface area contributed by atoms with E-state index in [1.807, 2.05) is 35.0 Å². The molecule has 1 amide bonds. The van der Waals surface area contributed by atoms with E-state index in [0.717, 1.165) is 15.4 Å². The summed E-state index contributed by atoms with van der Waals surface area (Å²) in [4.78, 5) is 28.7. The third-order valence-corrected chi connectivity index (χ3v) is 4.85. The molecule has 1 aromatic carbocycles. The van der Waals surface area contributed by atoms with Crippen LogP contribution in [0.5, 0.6) is 0 Å². The van der Waals surface area contributed by atoms with Gasteiger partial charge in [0.2, 0.25) is 5.91 Å². The van der Waals surface area contributed by atoms with Gasteiger partial charge < -0.3 is 14.6 Å². The number of nitrogens with zero attached hydrogens (tertiary/aromatic N) is 2. The van der Waals surface area contributed by atoms with Crippen LogP contribution in [0.3, 0.4) is 0 Å². The van der Waals surface area contributed by atoms with E-state index in [1.54, 1.807) is 6.92 Å². The van der Waals surface area contributed by atoms with E-state index in [1.165, 1.54) is 18.4 Å². The van der Waals surface area contributed by atoms with Crippen LogP contribution in [0, 0.1) is 6.92 Å².